The van der Waals surface area contributed by atoms with Gasteiger partial charge in [0.05, 0.1) is 24.9 Å². The van der Waals surface area contributed by atoms with Crippen molar-refractivity contribution in [3.63, 3.8) is 0 Å². The van der Waals surface area contributed by atoms with Crippen molar-refractivity contribution < 1.29 is 4.74 Å². The van der Waals surface area contributed by atoms with E-state index in [1.54, 1.807) is 0 Å². The summed E-state index contributed by atoms with van der Waals surface area (Å²) >= 11 is 12.4. The summed E-state index contributed by atoms with van der Waals surface area (Å²) in [6.07, 6.45) is 0. The molecule has 3 aromatic carbocycles. The first-order valence-corrected chi connectivity index (χ1v) is 10.9. The average molecular weight is 437 g/mol. The second kappa shape index (κ2) is 8.44. The van der Waals surface area contributed by atoms with Crippen molar-refractivity contribution in [3.8, 4) is 11.3 Å². The summed E-state index contributed by atoms with van der Waals surface area (Å²) in [6, 6.07) is 24.9. The lowest BCUT2D eigenvalue weighted by molar-refractivity contribution is 0.0243. The predicted molar refractivity (Wildman–Crippen MR) is 124 cm³/mol. The lowest BCUT2D eigenvalue weighted by Crippen LogP contribution is -2.39. The van der Waals surface area contributed by atoms with Crippen molar-refractivity contribution >= 4 is 34.1 Å². The number of nitrogens with zero attached hydrogens (tertiary/aromatic N) is 1. The third kappa shape index (κ3) is 3.75. The summed E-state index contributed by atoms with van der Waals surface area (Å²) in [4.78, 5) is 6.18. The van der Waals surface area contributed by atoms with Gasteiger partial charge in [-0.2, -0.15) is 0 Å². The standard InChI is InChI=1S/C25H22Cl2N2O/c26-19-9-5-17(6-10-19)24-23(21-3-1-2-4-22(21)28-24)25(29-13-15-30-16-14-29)18-7-11-20(27)12-8-18/h1-12,25,28H,13-16H2. The van der Waals surface area contributed by atoms with Gasteiger partial charge in [-0.3, -0.25) is 4.90 Å². The SMILES string of the molecule is Clc1ccc(-c2[nH]c3ccccc3c2C(c2ccc(Cl)cc2)N2CCOCC2)cc1. The molecular formula is C25H22Cl2N2O. The molecule has 3 nitrogen and oxygen atoms in total. The minimum Gasteiger partial charge on any atom is -0.379 e. The number of nitrogens with one attached hydrogen (secondary N) is 1. The van der Waals surface area contributed by atoms with Crippen LogP contribution in [0.1, 0.15) is 17.2 Å². The number of halogens is 2. The fraction of sp³-hybridized carbons (Fsp3) is 0.200. The summed E-state index contributed by atoms with van der Waals surface area (Å²) in [7, 11) is 0. The van der Waals surface area contributed by atoms with Gasteiger partial charge in [0.1, 0.15) is 0 Å². The highest BCUT2D eigenvalue weighted by Gasteiger charge is 2.29. The smallest absolute Gasteiger partial charge is 0.0630 e. The predicted octanol–water partition coefficient (Wildman–Crippen LogP) is 6.56. The van der Waals surface area contributed by atoms with Crippen LogP contribution in [0, 0.1) is 0 Å². The molecule has 1 atom stereocenters. The Morgan fingerprint density at radius 1 is 0.800 bits per heavy atom. The lowest BCUT2D eigenvalue weighted by atomic mass is 9.92. The molecule has 30 heavy (non-hydrogen) atoms. The van der Waals surface area contributed by atoms with E-state index in [1.807, 2.05) is 24.3 Å². The van der Waals surface area contributed by atoms with Crippen molar-refractivity contribution in [1.82, 2.24) is 9.88 Å². The number of H-pyrrole nitrogens is 1. The Labute approximate surface area is 186 Å². The second-order valence-corrected chi connectivity index (χ2v) is 8.44. The van der Waals surface area contributed by atoms with Crippen LogP contribution in [0.15, 0.2) is 72.8 Å². The van der Waals surface area contributed by atoms with Crippen LogP contribution in [-0.2, 0) is 4.74 Å². The van der Waals surface area contributed by atoms with Gasteiger partial charge < -0.3 is 9.72 Å². The van der Waals surface area contributed by atoms with E-state index in [4.69, 9.17) is 27.9 Å². The van der Waals surface area contributed by atoms with E-state index < -0.39 is 0 Å². The molecule has 2 heterocycles. The normalized spacial score (nSPS) is 16.1. The van der Waals surface area contributed by atoms with Crippen molar-refractivity contribution in [1.29, 1.82) is 0 Å². The number of ether oxygens (including phenoxy) is 1. The van der Waals surface area contributed by atoms with Crippen LogP contribution in [-0.4, -0.2) is 36.2 Å². The van der Waals surface area contributed by atoms with Crippen molar-refractivity contribution in [3.05, 3.63) is 94.0 Å². The largest absolute Gasteiger partial charge is 0.379 e. The van der Waals surface area contributed by atoms with Gasteiger partial charge in [-0.15, -0.1) is 0 Å². The Hall–Kier alpha value is -2.30. The number of para-hydroxylation sites is 1. The maximum Gasteiger partial charge on any atom is 0.0630 e. The van der Waals surface area contributed by atoms with Crippen molar-refractivity contribution in [2.24, 2.45) is 0 Å². The van der Waals surface area contributed by atoms with E-state index in [-0.39, 0.29) is 6.04 Å². The highest BCUT2D eigenvalue weighted by molar-refractivity contribution is 6.30. The summed E-state index contributed by atoms with van der Waals surface area (Å²) in [6.45, 7) is 3.24. The molecule has 1 aliphatic heterocycles. The van der Waals surface area contributed by atoms with Crippen LogP contribution < -0.4 is 0 Å². The van der Waals surface area contributed by atoms with E-state index in [9.17, 15) is 0 Å². The zero-order valence-electron chi connectivity index (χ0n) is 16.4. The van der Waals surface area contributed by atoms with Gasteiger partial charge in [0, 0.05) is 39.6 Å². The topological polar surface area (TPSA) is 28.3 Å². The molecule has 0 aliphatic carbocycles. The van der Waals surface area contributed by atoms with E-state index in [2.05, 4.69) is 58.4 Å². The van der Waals surface area contributed by atoms with Gasteiger partial charge in [-0.05, 0) is 41.5 Å². The van der Waals surface area contributed by atoms with Crippen molar-refractivity contribution in [2.75, 3.05) is 26.3 Å². The molecule has 1 aromatic heterocycles. The summed E-state index contributed by atoms with van der Waals surface area (Å²) in [5.41, 5.74) is 5.88. The fourth-order valence-corrected chi connectivity index (χ4v) is 4.58. The van der Waals surface area contributed by atoms with Gasteiger partial charge in [-0.1, -0.05) is 65.7 Å². The quantitative estimate of drug-likeness (QED) is 0.392. The average Bonchev–Trinajstić information content (AvgIpc) is 3.16. The van der Waals surface area contributed by atoms with E-state index in [0.29, 0.717) is 0 Å². The third-order valence-electron chi connectivity index (χ3n) is 5.75. The first-order chi connectivity index (χ1) is 14.7. The number of hydrogen-bond donors (Lipinski definition) is 1. The highest BCUT2D eigenvalue weighted by Crippen LogP contribution is 2.41. The molecule has 5 rings (SSSR count). The maximum absolute atomic E-state index is 6.21. The molecule has 1 N–H and O–H groups in total. The molecule has 1 aliphatic rings. The fourth-order valence-electron chi connectivity index (χ4n) is 4.33. The highest BCUT2D eigenvalue weighted by atomic mass is 35.5. The zero-order valence-corrected chi connectivity index (χ0v) is 18.0. The Bertz CT molecular complexity index is 1150. The van der Waals surface area contributed by atoms with E-state index in [1.165, 1.54) is 16.5 Å². The van der Waals surface area contributed by atoms with Gasteiger partial charge in [0.25, 0.3) is 0 Å². The zero-order chi connectivity index (χ0) is 20.5. The Morgan fingerprint density at radius 2 is 1.43 bits per heavy atom. The number of aromatic nitrogens is 1. The Morgan fingerprint density at radius 3 is 2.13 bits per heavy atom. The molecule has 1 saturated heterocycles. The molecule has 1 fully saturated rings. The number of fused-ring (bicyclic) bond motifs is 1. The van der Waals surface area contributed by atoms with Gasteiger partial charge in [0.2, 0.25) is 0 Å². The summed E-state index contributed by atoms with van der Waals surface area (Å²) in [5, 5.41) is 2.71. The molecule has 0 saturated carbocycles. The lowest BCUT2D eigenvalue weighted by Gasteiger charge is -2.35. The molecule has 152 valence electrons. The summed E-state index contributed by atoms with van der Waals surface area (Å²) < 4.78 is 5.65. The second-order valence-electron chi connectivity index (χ2n) is 7.57. The molecule has 0 bridgehead atoms. The number of hydrogen-bond acceptors (Lipinski definition) is 2. The van der Waals surface area contributed by atoms with Gasteiger partial charge in [0.15, 0.2) is 0 Å². The minimum atomic E-state index is 0.0907. The van der Waals surface area contributed by atoms with Crippen LogP contribution in [0.5, 0.6) is 0 Å². The number of rotatable bonds is 4. The number of aromatic amines is 1. The number of benzene rings is 3. The molecule has 1 unspecified atom stereocenters. The van der Waals surface area contributed by atoms with Crippen LogP contribution >= 0.6 is 23.2 Å². The third-order valence-corrected chi connectivity index (χ3v) is 6.25. The Balaban J connectivity index is 1.75. The van der Waals surface area contributed by atoms with Crippen LogP contribution in [0.4, 0.5) is 0 Å². The van der Waals surface area contributed by atoms with Gasteiger partial charge in [-0.25, -0.2) is 0 Å². The molecule has 0 spiro atoms. The Kier molecular flexibility index (Phi) is 5.53. The first-order valence-electron chi connectivity index (χ1n) is 10.1. The molecule has 4 aromatic rings. The van der Waals surface area contributed by atoms with Crippen molar-refractivity contribution in [2.45, 2.75) is 6.04 Å². The molecule has 0 amide bonds. The maximum atomic E-state index is 6.21. The van der Waals surface area contributed by atoms with Crippen LogP contribution in [0.25, 0.3) is 22.2 Å². The van der Waals surface area contributed by atoms with E-state index >= 15 is 0 Å². The molecule has 0 radical (unpaired) electrons. The first kappa shape index (κ1) is 19.7. The van der Waals surface area contributed by atoms with Crippen LogP contribution in [0.2, 0.25) is 10.0 Å². The van der Waals surface area contributed by atoms with Gasteiger partial charge >= 0.3 is 0 Å². The molecule has 5 heteroatoms. The van der Waals surface area contributed by atoms with Crippen LogP contribution in [0.3, 0.4) is 0 Å². The monoisotopic (exact) mass is 436 g/mol. The van der Waals surface area contributed by atoms with E-state index in [0.717, 1.165) is 53.1 Å². The minimum absolute atomic E-state index is 0.0907. The summed E-state index contributed by atoms with van der Waals surface area (Å²) in [5.74, 6) is 0. The molecular weight excluding hydrogens is 415 g/mol. The number of morpholine rings is 1.